The van der Waals surface area contributed by atoms with Gasteiger partial charge in [0.2, 0.25) is 10.0 Å². The number of carbonyl (C=O) groups excluding carboxylic acids is 2. The van der Waals surface area contributed by atoms with Crippen LogP contribution in [0.4, 0.5) is 0 Å². The van der Waals surface area contributed by atoms with Gasteiger partial charge in [0.25, 0.3) is 5.91 Å². The lowest BCUT2D eigenvalue weighted by molar-refractivity contribution is -0.140. The Bertz CT molecular complexity index is 674. The molecule has 0 saturated carbocycles. The number of hydrogen-bond acceptors (Lipinski definition) is 5. The number of carbonyl (C=O) groups is 2. The minimum atomic E-state index is -3.68. The zero-order valence-corrected chi connectivity index (χ0v) is 12.8. The average Bonchev–Trinajstić information content (AvgIpc) is 2.52. The normalized spacial score (nSPS) is 10.5. The van der Waals surface area contributed by atoms with Crippen LogP contribution in [-0.4, -0.2) is 40.5 Å². The predicted molar refractivity (Wildman–Crippen MR) is 79.4 cm³/mol. The van der Waals surface area contributed by atoms with Gasteiger partial charge in [0.1, 0.15) is 0 Å². The summed E-state index contributed by atoms with van der Waals surface area (Å²) in [6.07, 6.45) is 5.05. The van der Waals surface area contributed by atoms with Crippen molar-refractivity contribution < 1.29 is 22.7 Å². The number of sulfonamides is 1. The van der Waals surface area contributed by atoms with Crippen LogP contribution in [0.5, 0.6) is 0 Å². The number of benzene rings is 1. The third kappa shape index (κ3) is 5.20. The van der Waals surface area contributed by atoms with Crippen molar-refractivity contribution >= 4 is 21.9 Å². The largest absolute Gasteiger partial charge is 0.469 e. The fraction of sp³-hybridized carbons (Fsp3) is 0.286. The highest BCUT2D eigenvalue weighted by molar-refractivity contribution is 7.89. The van der Waals surface area contributed by atoms with Crippen LogP contribution in [0.15, 0.2) is 29.2 Å². The monoisotopic (exact) mass is 324 g/mol. The van der Waals surface area contributed by atoms with E-state index in [4.69, 9.17) is 6.42 Å². The summed E-state index contributed by atoms with van der Waals surface area (Å²) in [5.41, 5.74) is 0.278. The highest BCUT2D eigenvalue weighted by atomic mass is 32.2. The maximum absolute atomic E-state index is 11.8. The van der Waals surface area contributed by atoms with Crippen LogP contribution in [0.25, 0.3) is 0 Å². The Morgan fingerprint density at radius 3 is 2.45 bits per heavy atom. The molecule has 0 aliphatic carbocycles. The maximum Gasteiger partial charge on any atom is 0.307 e. The number of ether oxygens (including phenoxy) is 1. The molecule has 8 heteroatoms. The van der Waals surface area contributed by atoms with E-state index < -0.39 is 21.9 Å². The van der Waals surface area contributed by atoms with Crippen LogP contribution in [0.2, 0.25) is 0 Å². The Balaban J connectivity index is 2.67. The summed E-state index contributed by atoms with van der Waals surface area (Å²) >= 11 is 0. The summed E-state index contributed by atoms with van der Waals surface area (Å²) in [6.45, 7) is 0.0212. The zero-order valence-electron chi connectivity index (χ0n) is 12.0. The molecule has 0 aromatic heterocycles. The summed E-state index contributed by atoms with van der Waals surface area (Å²) in [6, 6.07) is 5.35. The van der Waals surface area contributed by atoms with Gasteiger partial charge in [-0.25, -0.2) is 8.42 Å². The van der Waals surface area contributed by atoms with Crippen molar-refractivity contribution in [3.8, 4) is 12.3 Å². The van der Waals surface area contributed by atoms with E-state index in [-0.39, 0.29) is 30.0 Å². The molecule has 1 aromatic carbocycles. The Hall–Kier alpha value is -2.37. The lowest BCUT2D eigenvalue weighted by Gasteiger charge is -2.07. The fourth-order valence-electron chi connectivity index (χ4n) is 1.49. The second-order valence-electron chi connectivity index (χ2n) is 4.14. The molecule has 0 aliphatic heterocycles. The molecule has 1 aromatic rings. The molecule has 0 bridgehead atoms. The van der Waals surface area contributed by atoms with Crippen molar-refractivity contribution in [2.75, 3.05) is 20.2 Å². The zero-order chi connectivity index (χ0) is 16.6. The van der Waals surface area contributed by atoms with E-state index in [0.717, 1.165) is 0 Å². The highest BCUT2D eigenvalue weighted by Gasteiger charge is 2.14. The van der Waals surface area contributed by atoms with Gasteiger partial charge < -0.3 is 10.1 Å². The summed E-state index contributed by atoms with van der Waals surface area (Å²) in [7, 11) is -2.42. The number of nitrogens with one attached hydrogen (secondary N) is 2. The SMILES string of the molecule is C#CCNS(=O)(=O)c1ccc(C(=O)NCCC(=O)OC)cc1. The van der Waals surface area contributed by atoms with E-state index in [0.29, 0.717) is 0 Å². The molecule has 0 unspecified atom stereocenters. The number of terminal acetylenes is 1. The van der Waals surface area contributed by atoms with Crippen LogP contribution >= 0.6 is 0 Å². The molecule has 1 amide bonds. The number of esters is 1. The molecule has 0 fully saturated rings. The fourth-order valence-corrected chi connectivity index (χ4v) is 2.42. The van der Waals surface area contributed by atoms with E-state index in [9.17, 15) is 18.0 Å². The molecule has 2 N–H and O–H groups in total. The first-order valence-corrected chi connectivity index (χ1v) is 7.77. The molecule has 7 nitrogen and oxygen atoms in total. The third-order valence-electron chi connectivity index (χ3n) is 2.63. The topological polar surface area (TPSA) is 102 Å². The molecule has 22 heavy (non-hydrogen) atoms. The van der Waals surface area contributed by atoms with Crippen molar-refractivity contribution in [1.29, 1.82) is 0 Å². The number of rotatable bonds is 7. The van der Waals surface area contributed by atoms with Gasteiger partial charge in [0, 0.05) is 12.1 Å². The van der Waals surface area contributed by atoms with Gasteiger partial charge in [-0.1, -0.05) is 5.92 Å². The molecular formula is C14H16N2O5S. The quantitative estimate of drug-likeness (QED) is 0.538. The Morgan fingerprint density at radius 2 is 1.91 bits per heavy atom. The molecule has 0 heterocycles. The Kier molecular flexibility index (Phi) is 6.56. The first-order chi connectivity index (χ1) is 10.4. The highest BCUT2D eigenvalue weighted by Crippen LogP contribution is 2.10. The van der Waals surface area contributed by atoms with Gasteiger partial charge in [-0.3, -0.25) is 9.59 Å². The van der Waals surface area contributed by atoms with Crippen molar-refractivity contribution in [2.24, 2.45) is 0 Å². The second-order valence-corrected chi connectivity index (χ2v) is 5.90. The lowest BCUT2D eigenvalue weighted by atomic mass is 10.2. The minimum absolute atomic E-state index is 0.00820. The van der Waals surface area contributed by atoms with E-state index >= 15 is 0 Å². The molecule has 0 radical (unpaired) electrons. The molecule has 0 spiro atoms. The molecule has 0 aliphatic rings. The van der Waals surface area contributed by atoms with Gasteiger partial charge in [-0.15, -0.1) is 6.42 Å². The van der Waals surface area contributed by atoms with E-state index in [1.54, 1.807) is 0 Å². The molecule has 0 saturated heterocycles. The molecule has 118 valence electrons. The number of hydrogen-bond donors (Lipinski definition) is 2. The maximum atomic E-state index is 11.8. The summed E-state index contributed by atoms with van der Waals surface area (Å²) in [4.78, 5) is 22.7. The smallest absolute Gasteiger partial charge is 0.307 e. The van der Waals surface area contributed by atoms with Crippen LogP contribution in [0.1, 0.15) is 16.8 Å². The molecular weight excluding hydrogens is 308 g/mol. The summed E-state index contributed by atoms with van der Waals surface area (Å²) in [5.74, 6) is 1.33. The van der Waals surface area contributed by atoms with Crippen LogP contribution in [-0.2, 0) is 19.6 Å². The number of amides is 1. The van der Waals surface area contributed by atoms with Crippen molar-refractivity contribution in [3.05, 3.63) is 29.8 Å². The van der Waals surface area contributed by atoms with Crippen molar-refractivity contribution in [3.63, 3.8) is 0 Å². The summed E-state index contributed by atoms with van der Waals surface area (Å²) in [5, 5.41) is 2.53. The Morgan fingerprint density at radius 1 is 1.27 bits per heavy atom. The second kappa shape index (κ2) is 8.17. The van der Waals surface area contributed by atoms with Gasteiger partial charge in [-0.05, 0) is 24.3 Å². The van der Waals surface area contributed by atoms with E-state index in [1.807, 2.05) is 0 Å². The summed E-state index contributed by atoms with van der Waals surface area (Å²) < 4.78 is 30.2. The third-order valence-corrected chi connectivity index (χ3v) is 4.05. The van der Waals surface area contributed by atoms with Crippen molar-refractivity contribution in [2.45, 2.75) is 11.3 Å². The van der Waals surface area contributed by atoms with E-state index in [1.165, 1.54) is 31.4 Å². The Labute approximate surface area is 129 Å². The minimum Gasteiger partial charge on any atom is -0.469 e. The van der Waals surface area contributed by atoms with Gasteiger partial charge >= 0.3 is 5.97 Å². The first kappa shape index (κ1) is 17.7. The van der Waals surface area contributed by atoms with Crippen molar-refractivity contribution in [1.82, 2.24) is 10.0 Å². The van der Waals surface area contributed by atoms with E-state index in [2.05, 4.69) is 20.7 Å². The molecule has 1 rings (SSSR count). The number of methoxy groups -OCH3 is 1. The first-order valence-electron chi connectivity index (χ1n) is 6.29. The van der Waals surface area contributed by atoms with Crippen LogP contribution in [0.3, 0.4) is 0 Å². The molecule has 0 atom stereocenters. The van der Waals surface area contributed by atoms with Gasteiger partial charge in [-0.2, -0.15) is 4.72 Å². The van der Waals surface area contributed by atoms with Gasteiger partial charge in [0.05, 0.1) is 25.0 Å². The van der Waals surface area contributed by atoms with Crippen LogP contribution < -0.4 is 10.0 Å². The van der Waals surface area contributed by atoms with Crippen LogP contribution in [0, 0.1) is 12.3 Å². The predicted octanol–water partition coefficient (Wildman–Crippen LogP) is -0.109. The lowest BCUT2D eigenvalue weighted by Crippen LogP contribution is -2.27. The standard InChI is InChI=1S/C14H16N2O5S/c1-3-9-16-22(19,20)12-6-4-11(5-7-12)14(18)15-10-8-13(17)21-2/h1,4-7,16H,8-10H2,2H3,(H,15,18). The van der Waals surface area contributed by atoms with Gasteiger partial charge in [0.15, 0.2) is 0 Å². The average molecular weight is 324 g/mol.